The number of fused-ring (bicyclic) bond motifs is 8. The van der Waals surface area contributed by atoms with Crippen LogP contribution in [-0.4, -0.2) is 0 Å². The van der Waals surface area contributed by atoms with Crippen LogP contribution in [0.2, 0.25) is 0 Å². The molecule has 230 valence electrons. The molecule has 9 aromatic carbocycles. The molecule has 0 unspecified atom stereocenters. The van der Waals surface area contributed by atoms with Crippen molar-refractivity contribution in [2.75, 3.05) is 0 Å². The minimum atomic E-state index is -0.148. The molecule has 0 bridgehead atoms. The Kier molecular flexibility index (Phi) is 6.02. The van der Waals surface area contributed by atoms with E-state index in [1.54, 1.807) is 0 Å². The first kappa shape index (κ1) is 28.1. The van der Waals surface area contributed by atoms with Crippen molar-refractivity contribution in [1.82, 2.24) is 0 Å². The van der Waals surface area contributed by atoms with Crippen LogP contribution in [-0.2, 0) is 5.41 Å². The van der Waals surface area contributed by atoms with Gasteiger partial charge in [0.2, 0.25) is 0 Å². The fraction of sp³-hybridized carbons (Fsp3) is 0.0612. The van der Waals surface area contributed by atoms with Gasteiger partial charge in [-0.1, -0.05) is 184 Å². The molecule has 0 aliphatic heterocycles. The van der Waals surface area contributed by atoms with Crippen LogP contribution in [0.4, 0.5) is 0 Å². The Morgan fingerprint density at radius 2 is 0.837 bits per heavy atom. The zero-order chi connectivity index (χ0) is 32.7. The lowest BCUT2D eigenvalue weighted by Crippen LogP contribution is -2.16. The Morgan fingerprint density at radius 3 is 1.55 bits per heavy atom. The van der Waals surface area contributed by atoms with Crippen molar-refractivity contribution < 1.29 is 0 Å². The number of hydrogen-bond acceptors (Lipinski definition) is 0. The predicted molar refractivity (Wildman–Crippen MR) is 210 cm³/mol. The van der Waals surface area contributed by atoms with Gasteiger partial charge in [0.05, 0.1) is 0 Å². The molecule has 1 aliphatic carbocycles. The molecule has 0 amide bonds. The first-order chi connectivity index (χ1) is 24.1. The largest absolute Gasteiger partial charge is 0.0622 e. The molecular weight excluding hydrogens is 589 g/mol. The van der Waals surface area contributed by atoms with Crippen molar-refractivity contribution in [2.24, 2.45) is 0 Å². The topological polar surface area (TPSA) is 0 Å². The maximum Gasteiger partial charge on any atom is 0.0165 e. The molecule has 10 rings (SSSR count). The smallest absolute Gasteiger partial charge is 0.0165 e. The molecule has 0 saturated heterocycles. The fourth-order valence-corrected chi connectivity index (χ4v) is 8.95. The molecule has 49 heavy (non-hydrogen) atoms. The predicted octanol–water partition coefficient (Wildman–Crippen LogP) is 13.6. The molecule has 0 N–H and O–H groups in total. The second kappa shape index (κ2) is 10.5. The lowest BCUT2D eigenvalue weighted by molar-refractivity contribution is 0.662. The van der Waals surface area contributed by atoms with Gasteiger partial charge in [0, 0.05) is 5.41 Å². The Morgan fingerprint density at radius 1 is 0.306 bits per heavy atom. The van der Waals surface area contributed by atoms with Crippen molar-refractivity contribution in [3.63, 3.8) is 0 Å². The van der Waals surface area contributed by atoms with Crippen LogP contribution in [0.3, 0.4) is 0 Å². The van der Waals surface area contributed by atoms with Crippen LogP contribution in [0.15, 0.2) is 170 Å². The van der Waals surface area contributed by atoms with Crippen LogP contribution in [0.25, 0.3) is 87.6 Å². The van der Waals surface area contributed by atoms with E-state index in [0.29, 0.717) is 0 Å². The molecule has 0 atom stereocenters. The van der Waals surface area contributed by atoms with E-state index in [9.17, 15) is 0 Å². The second-order valence-electron chi connectivity index (χ2n) is 14.0. The Hall–Kier alpha value is -5.98. The quantitative estimate of drug-likeness (QED) is 0.136. The van der Waals surface area contributed by atoms with E-state index in [4.69, 9.17) is 0 Å². The van der Waals surface area contributed by atoms with Crippen molar-refractivity contribution >= 4 is 43.1 Å². The van der Waals surface area contributed by atoms with E-state index in [1.165, 1.54) is 98.7 Å². The third-order valence-electron chi connectivity index (χ3n) is 11.0. The summed E-state index contributed by atoms with van der Waals surface area (Å²) in [6, 6.07) is 63.1. The molecule has 0 fully saturated rings. The zero-order valence-corrected chi connectivity index (χ0v) is 27.7. The molecule has 0 heteroatoms. The van der Waals surface area contributed by atoms with E-state index in [2.05, 4.69) is 184 Å². The zero-order valence-electron chi connectivity index (χ0n) is 27.7. The number of rotatable bonds is 3. The highest BCUT2D eigenvalue weighted by Crippen LogP contribution is 2.57. The van der Waals surface area contributed by atoms with E-state index in [-0.39, 0.29) is 5.41 Å². The lowest BCUT2D eigenvalue weighted by Gasteiger charge is -2.26. The fourth-order valence-electron chi connectivity index (χ4n) is 8.95. The lowest BCUT2D eigenvalue weighted by atomic mass is 9.77. The van der Waals surface area contributed by atoms with Gasteiger partial charge >= 0.3 is 0 Å². The Labute approximate surface area is 286 Å². The van der Waals surface area contributed by atoms with Gasteiger partial charge in [-0.25, -0.2) is 0 Å². The summed E-state index contributed by atoms with van der Waals surface area (Å²) in [7, 11) is 0. The van der Waals surface area contributed by atoms with Gasteiger partial charge in [-0.05, 0) is 98.7 Å². The summed E-state index contributed by atoms with van der Waals surface area (Å²) in [5.41, 5.74) is 13.1. The highest BCUT2D eigenvalue weighted by molar-refractivity contribution is 6.26. The van der Waals surface area contributed by atoms with Gasteiger partial charge in [0.15, 0.2) is 0 Å². The maximum absolute atomic E-state index is 2.40. The van der Waals surface area contributed by atoms with E-state index in [0.717, 1.165) is 0 Å². The van der Waals surface area contributed by atoms with E-state index < -0.39 is 0 Å². The normalized spacial score (nSPS) is 13.3. The molecule has 1 aliphatic rings. The van der Waals surface area contributed by atoms with Crippen LogP contribution >= 0.6 is 0 Å². The van der Waals surface area contributed by atoms with Crippen LogP contribution in [0, 0.1) is 0 Å². The van der Waals surface area contributed by atoms with Gasteiger partial charge < -0.3 is 0 Å². The van der Waals surface area contributed by atoms with Crippen LogP contribution in [0.1, 0.15) is 25.0 Å². The third-order valence-corrected chi connectivity index (χ3v) is 11.0. The van der Waals surface area contributed by atoms with Gasteiger partial charge in [-0.3, -0.25) is 0 Å². The van der Waals surface area contributed by atoms with Crippen molar-refractivity contribution in [3.8, 4) is 44.5 Å². The van der Waals surface area contributed by atoms with Gasteiger partial charge in [0.1, 0.15) is 0 Å². The number of benzene rings is 9. The summed E-state index contributed by atoms with van der Waals surface area (Å²) in [6.07, 6.45) is 0. The average Bonchev–Trinajstić information content (AvgIpc) is 3.40. The van der Waals surface area contributed by atoms with Gasteiger partial charge in [-0.15, -0.1) is 0 Å². The summed E-state index contributed by atoms with van der Waals surface area (Å²) >= 11 is 0. The summed E-state index contributed by atoms with van der Waals surface area (Å²) in [6.45, 7) is 4.80. The standard InChI is InChI=1S/C49H34/c1-49(2)44-26-13-12-23-42(44)47-43(30-29-34(48(47)49)31-15-4-3-5-16-31)46-40-21-10-8-19-38(40)45(39-20-9-11-22-41(39)46)37-25-14-24-35-33-18-7-6-17-32(33)27-28-36(35)37/h3-30H,1-2H3. The first-order valence-electron chi connectivity index (χ1n) is 17.3. The van der Waals surface area contributed by atoms with E-state index in [1.807, 2.05) is 0 Å². The molecule has 0 aromatic heterocycles. The molecule has 0 saturated carbocycles. The van der Waals surface area contributed by atoms with Crippen molar-refractivity contribution in [2.45, 2.75) is 19.3 Å². The second-order valence-corrected chi connectivity index (χ2v) is 14.0. The SMILES string of the molecule is CC1(C)c2ccccc2-c2c(-c3c4ccccc4c(-c4cccc5c4ccc4ccccc45)c4ccccc34)ccc(-c3ccccc3)c21. The monoisotopic (exact) mass is 622 g/mol. The summed E-state index contributed by atoms with van der Waals surface area (Å²) in [5, 5.41) is 10.3. The molecule has 0 nitrogen and oxygen atoms in total. The van der Waals surface area contributed by atoms with Gasteiger partial charge in [0.25, 0.3) is 0 Å². The Balaban J connectivity index is 1.35. The van der Waals surface area contributed by atoms with Gasteiger partial charge in [-0.2, -0.15) is 0 Å². The maximum atomic E-state index is 2.40. The number of hydrogen-bond donors (Lipinski definition) is 0. The van der Waals surface area contributed by atoms with Crippen molar-refractivity contribution in [3.05, 3.63) is 181 Å². The molecule has 0 spiro atoms. The molecule has 9 aromatic rings. The third kappa shape index (κ3) is 3.98. The summed E-state index contributed by atoms with van der Waals surface area (Å²) in [5.74, 6) is 0. The average molecular weight is 623 g/mol. The van der Waals surface area contributed by atoms with Crippen molar-refractivity contribution in [1.29, 1.82) is 0 Å². The van der Waals surface area contributed by atoms with Crippen LogP contribution in [0.5, 0.6) is 0 Å². The minimum absolute atomic E-state index is 0.148. The van der Waals surface area contributed by atoms with E-state index >= 15 is 0 Å². The minimum Gasteiger partial charge on any atom is -0.0622 e. The first-order valence-corrected chi connectivity index (χ1v) is 17.3. The molecule has 0 heterocycles. The summed E-state index contributed by atoms with van der Waals surface area (Å²) < 4.78 is 0. The molecule has 0 radical (unpaired) electrons. The summed E-state index contributed by atoms with van der Waals surface area (Å²) in [4.78, 5) is 0. The molecular formula is C49H34. The highest BCUT2D eigenvalue weighted by Gasteiger charge is 2.39. The highest BCUT2D eigenvalue weighted by atomic mass is 14.4. The van der Waals surface area contributed by atoms with Crippen LogP contribution < -0.4 is 0 Å². The Bertz CT molecular complexity index is 2720.